The molecule has 1 amide bonds. The molecule has 1 fully saturated rings. The molecule has 0 saturated carbocycles. The fourth-order valence-electron chi connectivity index (χ4n) is 4.45. The van der Waals surface area contributed by atoms with Crippen LogP contribution in [0.2, 0.25) is 10.0 Å². The number of halogens is 2. The molecule has 0 spiro atoms. The predicted molar refractivity (Wildman–Crippen MR) is 156 cm³/mol. The Morgan fingerprint density at radius 1 is 1.05 bits per heavy atom. The molecule has 39 heavy (non-hydrogen) atoms. The summed E-state index contributed by atoms with van der Waals surface area (Å²) in [5, 5.41) is 8.11. The number of rotatable bonds is 12. The highest BCUT2D eigenvalue weighted by Gasteiger charge is 2.32. The van der Waals surface area contributed by atoms with Gasteiger partial charge in [-0.05, 0) is 55.0 Å². The number of carbonyl (C=O) groups is 1. The first kappa shape index (κ1) is 30.2. The average Bonchev–Trinajstić information content (AvgIpc) is 3.52. The number of amides is 1. The molecule has 1 unspecified atom stereocenters. The van der Waals surface area contributed by atoms with Crippen molar-refractivity contribution in [1.29, 1.82) is 0 Å². The summed E-state index contributed by atoms with van der Waals surface area (Å²) in [6.45, 7) is 6.76. The van der Waals surface area contributed by atoms with Crippen molar-refractivity contribution < 1.29 is 22.7 Å². The van der Waals surface area contributed by atoms with Gasteiger partial charge in [-0.15, -0.1) is 11.3 Å². The quantitative estimate of drug-likeness (QED) is 0.264. The van der Waals surface area contributed by atoms with Crippen LogP contribution < -0.4 is 15.4 Å². The van der Waals surface area contributed by atoms with Gasteiger partial charge in [0.15, 0.2) is 0 Å². The van der Waals surface area contributed by atoms with E-state index in [1.807, 2.05) is 37.3 Å². The zero-order chi connectivity index (χ0) is 28.2. The summed E-state index contributed by atoms with van der Waals surface area (Å²) in [6, 6.07) is 13.9. The van der Waals surface area contributed by atoms with Crippen molar-refractivity contribution in [3.05, 3.63) is 63.5 Å². The lowest BCUT2D eigenvalue weighted by atomic mass is 9.98. The molecule has 12 heteroatoms. The number of sulfonamides is 1. The van der Waals surface area contributed by atoms with E-state index in [1.165, 1.54) is 29.5 Å². The maximum atomic E-state index is 13.1. The first-order chi connectivity index (χ1) is 18.5. The highest BCUT2D eigenvalue weighted by atomic mass is 35.5. The molecule has 1 saturated heterocycles. The van der Waals surface area contributed by atoms with E-state index in [9.17, 15) is 13.2 Å². The Hall–Kier alpha value is -1.76. The van der Waals surface area contributed by atoms with Crippen molar-refractivity contribution in [2.45, 2.75) is 56.4 Å². The van der Waals surface area contributed by atoms with Crippen LogP contribution >= 0.6 is 34.5 Å². The van der Waals surface area contributed by atoms with Gasteiger partial charge in [-0.25, -0.2) is 13.1 Å². The van der Waals surface area contributed by atoms with Crippen molar-refractivity contribution in [3.63, 3.8) is 0 Å². The van der Waals surface area contributed by atoms with Gasteiger partial charge in [-0.3, -0.25) is 4.79 Å². The molecule has 3 aromatic rings. The third kappa shape index (κ3) is 7.92. The molecule has 4 atom stereocenters. The second kappa shape index (κ2) is 13.3. The maximum Gasteiger partial charge on any atom is 0.261 e. The molecular weight excluding hydrogens is 581 g/mol. The standard InChI is InChI=1S/C27H33Cl2N3O5S2/c1-16(2)10-21(32-27(33)25-11-18-6-4-5-7-24(18)38-25)17(3)30-13-22-23(37-15-36-22)14-31-39(34,35)26-9-8-19(28)12-20(26)29/h4-9,11-12,16-17,21-23,30-31H,10,13-15H2,1-3H3,(H,32,33)/t17?,21-,22+,23+/m0/s1. The first-order valence-corrected chi connectivity index (χ1v) is 15.8. The molecule has 8 nitrogen and oxygen atoms in total. The van der Waals surface area contributed by atoms with Gasteiger partial charge in [-0.1, -0.05) is 55.2 Å². The Kier molecular flexibility index (Phi) is 10.3. The Labute approximate surface area is 243 Å². The summed E-state index contributed by atoms with van der Waals surface area (Å²) in [6.07, 6.45) is -0.0890. The van der Waals surface area contributed by atoms with Crippen LogP contribution in [0, 0.1) is 5.92 Å². The van der Waals surface area contributed by atoms with Crippen LogP contribution in [0.3, 0.4) is 0 Å². The Bertz CT molecular complexity index is 1370. The smallest absolute Gasteiger partial charge is 0.261 e. The van der Waals surface area contributed by atoms with Crippen LogP contribution in [-0.4, -0.2) is 58.5 Å². The topological polar surface area (TPSA) is 106 Å². The number of nitrogens with one attached hydrogen (secondary N) is 3. The van der Waals surface area contributed by atoms with Crippen LogP contribution in [-0.2, 0) is 19.5 Å². The van der Waals surface area contributed by atoms with E-state index in [0.29, 0.717) is 22.4 Å². The molecule has 0 bridgehead atoms. The lowest BCUT2D eigenvalue weighted by Crippen LogP contribution is -2.52. The lowest BCUT2D eigenvalue weighted by molar-refractivity contribution is 0.0388. The van der Waals surface area contributed by atoms with Crippen LogP contribution in [0.15, 0.2) is 53.4 Å². The average molecular weight is 615 g/mol. The van der Waals surface area contributed by atoms with Gasteiger partial charge in [0.2, 0.25) is 10.0 Å². The van der Waals surface area contributed by atoms with E-state index in [-0.39, 0.29) is 47.4 Å². The molecule has 1 aliphatic rings. The number of benzene rings is 2. The molecule has 3 N–H and O–H groups in total. The van der Waals surface area contributed by atoms with E-state index < -0.39 is 16.1 Å². The van der Waals surface area contributed by atoms with Crippen molar-refractivity contribution in [1.82, 2.24) is 15.4 Å². The van der Waals surface area contributed by atoms with Crippen molar-refractivity contribution in [2.24, 2.45) is 5.92 Å². The number of hydrogen-bond acceptors (Lipinski definition) is 7. The van der Waals surface area contributed by atoms with Crippen LogP contribution in [0.1, 0.15) is 36.9 Å². The van der Waals surface area contributed by atoms with E-state index in [2.05, 4.69) is 29.2 Å². The van der Waals surface area contributed by atoms with Crippen molar-refractivity contribution >= 4 is 60.6 Å². The Morgan fingerprint density at radius 3 is 2.46 bits per heavy atom. The number of hydrogen-bond donors (Lipinski definition) is 3. The van der Waals surface area contributed by atoms with Crippen LogP contribution in [0.4, 0.5) is 0 Å². The minimum atomic E-state index is -3.87. The van der Waals surface area contributed by atoms with E-state index in [1.54, 1.807) is 0 Å². The molecule has 0 radical (unpaired) electrons. The largest absolute Gasteiger partial charge is 0.348 e. The third-order valence-electron chi connectivity index (χ3n) is 6.57. The number of ether oxygens (including phenoxy) is 2. The molecule has 2 heterocycles. The van der Waals surface area contributed by atoms with E-state index in [4.69, 9.17) is 32.7 Å². The Morgan fingerprint density at radius 2 is 1.77 bits per heavy atom. The minimum Gasteiger partial charge on any atom is -0.348 e. The van der Waals surface area contributed by atoms with Gasteiger partial charge < -0.3 is 20.1 Å². The third-order valence-corrected chi connectivity index (χ3v) is 9.83. The van der Waals surface area contributed by atoms with Gasteiger partial charge in [-0.2, -0.15) is 0 Å². The van der Waals surface area contributed by atoms with Crippen molar-refractivity contribution in [3.8, 4) is 0 Å². The van der Waals surface area contributed by atoms with Crippen LogP contribution in [0.5, 0.6) is 0 Å². The number of thiophene rings is 1. The summed E-state index contributed by atoms with van der Waals surface area (Å²) in [5.74, 6) is 0.277. The molecule has 2 aromatic carbocycles. The molecule has 1 aromatic heterocycles. The predicted octanol–water partition coefficient (Wildman–Crippen LogP) is 5.05. The zero-order valence-electron chi connectivity index (χ0n) is 21.9. The monoisotopic (exact) mass is 613 g/mol. The number of fused-ring (bicyclic) bond motifs is 1. The van der Waals surface area contributed by atoms with Gasteiger partial charge in [0.05, 0.1) is 9.90 Å². The van der Waals surface area contributed by atoms with Crippen LogP contribution in [0.25, 0.3) is 10.1 Å². The van der Waals surface area contributed by atoms with Gasteiger partial charge in [0.25, 0.3) is 5.91 Å². The summed E-state index contributed by atoms with van der Waals surface area (Å²) >= 11 is 13.5. The van der Waals surface area contributed by atoms with Gasteiger partial charge in [0, 0.05) is 34.9 Å². The summed E-state index contributed by atoms with van der Waals surface area (Å²) in [5.41, 5.74) is 0. The highest BCUT2D eigenvalue weighted by molar-refractivity contribution is 7.89. The molecule has 212 valence electrons. The Balaban J connectivity index is 1.34. The first-order valence-electron chi connectivity index (χ1n) is 12.7. The normalized spacial score (nSPS) is 19.4. The van der Waals surface area contributed by atoms with Gasteiger partial charge >= 0.3 is 0 Å². The minimum absolute atomic E-state index is 0.0140. The summed E-state index contributed by atoms with van der Waals surface area (Å²) in [7, 11) is -3.87. The van der Waals surface area contributed by atoms with Crippen molar-refractivity contribution in [2.75, 3.05) is 19.9 Å². The zero-order valence-corrected chi connectivity index (χ0v) is 25.1. The number of carbonyl (C=O) groups excluding carboxylic acids is 1. The fraction of sp³-hybridized carbons (Fsp3) is 0.444. The highest BCUT2D eigenvalue weighted by Crippen LogP contribution is 2.26. The fourth-order valence-corrected chi connectivity index (χ4v) is 7.23. The summed E-state index contributed by atoms with van der Waals surface area (Å²) < 4.78 is 40.5. The van der Waals surface area contributed by atoms with Gasteiger partial charge in [0.1, 0.15) is 23.9 Å². The SMILES string of the molecule is CC(C)C[C@H](NC(=O)c1cc2ccccc2s1)C(C)NC[C@H]1OCO[C@@H]1CNS(=O)(=O)c1ccc(Cl)cc1Cl. The molecule has 0 aliphatic carbocycles. The van der Waals surface area contributed by atoms with E-state index in [0.717, 1.165) is 16.5 Å². The molecule has 1 aliphatic heterocycles. The molecule has 4 rings (SSSR count). The molecular formula is C27H33Cl2N3O5S2. The van der Waals surface area contributed by atoms with E-state index >= 15 is 0 Å². The summed E-state index contributed by atoms with van der Waals surface area (Å²) in [4.78, 5) is 13.7. The maximum absolute atomic E-state index is 13.1. The second-order valence-corrected chi connectivity index (χ2v) is 13.7. The lowest BCUT2D eigenvalue weighted by Gasteiger charge is -2.29. The second-order valence-electron chi connectivity index (χ2n) is 10.0.